The molecule has 0 aliphatic heterocycles. The number of hydrogen-bond donors (Lipinski definition) is 3. The van der Waals surface area contributed by atoms with Gasteiger partial charge in [0.1, 0.15) is 11.9 Å². The maximum absolute atomic E-state index is 9.65. The lowest BCUT2D eigenvalue weighted by atomic mass is 10.1. The van der Waals surface area contributed by atoms with E-state index >= 15 is 0 Å². The molecule has 2 unspecified atom stereocenters. The Labute approximate surface area is 87.8 Å². The predicted octanol–water partition coefficient (Wildman–Crippen LogP) is 0.280. The molecule has 1 aromatic heterocycles. The van der Waals surface area contributed by atoms with Crippen LogP contribution in [0.15, 0.2) is 12.1 Å². The lowest BCUT2D eigenvalue weighted by molar-refractivity contribution is 0.0191. The van der Waals surface area contributed by atoms with Crippen LogP contribution in [0.25, 0.3) is 0 Å². The molecule has 0 aliphatic carbocycles. The van der Waals surface area contributed by atoms with Crippen LogP contribution in [-0.4, -0.2) is 21.3 Å². The summed E-state index contributed by atoms with van der Waals surface area (Å²) in [6, 6.07) is 5.06. The molecule has 5 nitrogen and oxygen atoms in total. The maximum atomic E-state index is 9.65. The number of rotatable bonds is 3. The zero-order chi connectivity index (χ0) is 11.4. The van der Waals surface area contributed by atoms with Gasteiger partial charge in [0.2, 0.25) is 0 Å². The van der Waals surface area contributed by atoms with Crippen molar-refractivity contribution >= 4 is 5.82 Å². The molecule has 4 N–H and O–H groups in total. The fraction of sp³-hybridized carbons (Fsp3) is 0.400. The number of aromatic nitrogens is 1. The van der Waals surface area contributed by atoms with Crippen molar-refractivity contribution in [2.45, 2.75) is 25.6 Å². The number of nitrogens with two attached hydrogens (primary N) is 1. The number of aliphatic hydroxyl groups excluding tert-OH is 2. The molecule has 15 heavy (non-hydrogen) atoms. The number of nitrogen functional groups attached to an aromatic ring is 1. The molecule has 0 saturated heterocycles. The van der Waals surface area contributed by atoms with E-state index < -0.39 is 12.2 Å². The molecule has 0 radical (unpaired) electrons. The second-order valence-corrected chi connectivity index (χ2v) is 3.37. The molecular formula is C10H13N3O2. The smallest absolute Gasteiger partial charge is 0.123 e. The summed E-state index contributed by atoms with van der Waals surface area (Å²) in [5.74, 6) is 0.285. The third-order valence-electron chi connectivity index (χ3n) is 1.98. The number of nitrogens with zero attached hydrogens (tertiary/aromatic N) is 2. The molecule has 0 bridgehead atoms. The van der Waals surface area contributed by atoms with E-state index in [-0.39, 0.29) is 17.9 Å². The summed E-state index contributed by atoms with van der Waals surface area (Å²) in [6.07, 6.45) is -2.45. The largest absolute Gasteiger partial charge is 0.389 e. The highest BCUT2D eigenvalue weighted by atomic mass is 16.3. The first-order valence-corrected chi connectivity index (χ1v) is 4.51. The Morgan fingerprint density at radius 1 is 1.53 bits per heavy atom. The molecule has 1 aromatic rings. The zero-order valence-electron chi connectivity index (χ0n) is 8.38. The Kier molecular flexibility index (Phi) is 3.61. The molecule has 0 spiro atoms. The molecule has 0 saturated carbocycles. The van der Waals surface area contributed by atoms with Gasteiger partial charge in [-0.15, -0.1) is 0 Å². The summed E-state index contributed by atoms with van der Waals surface area (Å²) < 4.78 is 0. The third kappa shape index (κ3) is 2.91. The van der Waals surface area contributed by atoms with Crippen LogP contribution in [0.1, 0.15) is 23.8 Å². The van der Waals surface area contributed by atoms with E-state index in [1.165, 1.54) is 0 Å². The van der Waals surface area contributed by atoms with Gasteiger partial charge in [-0.3, -0.25) is 0 Å². The summed E-state index contributed by atoms with van der Waals surface area (Å²) >= 11 is 0. The van der Waals surface area contributed by atoms with Gasteiger partial charge in [-0.25, -0.2) is 4.98 Å². The van der Waals surface area contributed by atoms with Crippen molar-refractivity contribution in [3.63, 3.8) is 0 Å². The molecule has 0 aromatic carbocycles. The highest BCUT2D eigenvalue weighted by Crippen LogP contribution is 2.19. The van der Waals surface area contributed by atoms with E-state index in [4.69, 9.17) is 11.0 Å². The van der Waals surface area contributed by atoms with Crippen LogP contribution >= 0.6 is 0 Å². The van der Waals surface area contributed by atoms with Gasteiger partial charge in [0.25, 0.3) is 0 Å². The number of aliphatic hydroxyl groups is 2. The van der Waals surface area contributed by atoms with Crippen molar-refractivity contribution in [2.75, 3.05) is 5.73 Å². The van der Waals surface area contributed by atoms with Crippen molar-refractivity contribution < 1.29 is 10.2 Å². The van der Waals surface area contributed by atoms with Crippen LogP contribution in [0, 0.1) is 18.3 Å². The van der Waals surface area contributed by atoms with Crippen molar-refractivity contribution in [2.24, 2.45) is 0 Å². The van der Waals surface area contributed by atoms with Crippen LogP contribution in [0.2, 0.25) is 0 Å². The zero-order valence-corrected chi connectivity index (χ0v) is 8.38. The quantitative estimate of drug-likeness (QED) is 0.660. The fourth-order valence-electron chi connectivity index (χ4n) is 1.28. The number of hydrogen-bond acceptors (Lipinski definition) is 5. The molecule has 5 heteroatoms. The second kappa shape index (κ2) is 4.73. The summed E-state index contributed by atoms with van der Waals surface area (Å²) in [6.45, 7) is 1.81. The SMILES string of the molecule is Cc1cc(N)nc(C(O)C(O)CC#N)c1. The van der Waals surface area contributed by atoms with Gasteiger partial charge in [-0.2, -0.15) is 5.26 Å². The Morgan fingerprint density at radius 2 is 2.20 bits per heavy atom. The molecule has 1 rings (SSSR count). The van der Waals surface area contributed by atoms with Crippen LogP contribution in [0.5, 0.6) is 0 Å². The topological polar surface area (TPSA) is 103 Å². The van der Waals surface area contributed by atoms with Crippen molar-refractivity contribution in [1.82, 2.24) is 4.98 Å². The molecule has 0 aliphatic rings. The average Bonchev–Trinajstić information content (AvgIpc) is 2.15. The maximum Gasteiger partial charge on any atom is 0.123 e. The van der Waals surface area contributed by atoms with Crippen molar-refractivity contribution in [3.05, 3.63) is 23.4 Å². The Hall–Kier alpha value is -1.64. The minimum atomic E-state index is -1.17. The van der Waals surface area contributed by atoms with Crippen LogP contribution in [-0.2, 0) is 0 Å². The Bertz CT molecular complexity index is 366. The highest BCUT2D eigenvalue weighted by molar-refractivity contribution is 5.35. The van der Waals surface area contributed by atoms with Crippen LogP contribution in [0.3, 0.4) is 0 Å². The van der Waals surface area contributed by atoms with Crippen LogP contribution in [0.4, 0.5) is 5.82 Å². The van der Waals surface area contributed by atoms with Crippen molar-refractivity contribution in [1.29, 1.82) is 5.26 Å². The monoisotopic (exact) mass is 207 g/mol. The fourth-order valence-corrected chi connectivity index (χ4v) is 1.28. The molecular weight excluding hydrogens is 194 g/mol. The van der Waals surface area contributed by atoms with E-state index in [0.717, 1.165) is 5.56 Å². The summed E-state index contributed by atoms with van der Waals surface area (Å²) in [7, 11) is 0. The van der Waals surface area contributed by atoms with E-state index in [9.17, 15) is 10.2 Å². The van der Waals surface area contributed by atoms with Gasteiger partial charge >= 0.3 is 0 Å². The molecule has 0 fully saturated rings. The lowest BCUT2D eigenvalue weighted by Gasteiger charge is -2.15. The Morgan fingerprint density at radius 3 is 2.73 bits per heavy atom. The first-order chi connectivity index (χ1) is 7.04. The van der Waals surface area contributed by atoms with Gasteiger partial charge in [0.15, 0.2) is 0 Å². The van der Waals surface area contributed by atoms with Gasteiger partial charge in [0, 0.05) is 0 Å². The lowest BCUT2D eigenvalue weighted by Crippen LogP contribution is -2.19. The first kappa shape index (κ1) is 11.4. The van der Waals surface area contributed by atoms with Gasteiger partial charge in [-0.05, 0) is 24.6 Å². The minimum Gasteiger partial charge on any atom is -0.389 e. The van der Waals surface area contributed by atoms with Gasteiger partial charge in [-0.1, -0.05) is 0 Å². The normalized spacial score (nSPS) is 14.3. The van der Waals surface area contributed by atoms with Crippen LogP contribution < -0.4 is 5.73 Å². The number of nitriles is 1. The number of aryl methyl sites for hydroxylation is 1. The average molecular weight is 207 g/mol. The molecule has 2 atom stereocenters. The van der Waals surface area contributed by atoms with Gasteiger partial charge < -0.3 is 15.9 Å². The van der Waals surface area contributed by atoms with Crippen molar-refractivity contribution in [3.8, 4) is 6.07 Å². The summed E-state index contributed by atoms with van der Waals surface area (Å²) in [5, 5.41) is 27.4. The molecule has 0 amide bonds. The van der Waals surface area contributed by atoms with E-state index in [1.54, 1.807) is 18.2 Å². The standard InChI is InChI=1S/C10H13N3O2/c1-6-4-7(13-9(12)5-6)10(15)8(14)2-3-11/h4-5,8,10,14-15H,2H2,1H3,(H2,12,13). The number of pyridine rings is 1. The Balaban J connectivity index is 2.91. The number of anilines is 1. The highest BCUT2D eigenvalue weighted by Gasteiger charge is 2.19. The predicted molar refractivity (Wildman–Crippen MR) is 54.6 cm³/mol. The minimum absolute atomic E-state index is 0.142. The second-order valence-electron chi connectivity index (χ2n) is 3.37. The van der Waals surface area contributed by atoms with E-state index in [1.807, 2.05) is 6.92 Å². The molecule has 1 heterocycles. The van der Waals surface area contributed by atoms with E-state index in [2.05, 4.69) is 4.98 Å². The van der Waals surface area contributed by atoms with E-state index in [0.29, 0.717) is 0 Å². The summed E-state index contributed by atoms with van der Waals surface area (Å²) in [5.41, 5.74) is 6.64. The molecule has 80 valence electrons. The first-order valence-electron chi connectivity index (χ1n) is 4.51. The van der Waals surface area contributed by atoms with Gasteiger partial charge in [0.05, 0.1) is 24.3 Å². The summed E-state index contributed by atoms with van der Waals surface area (Å²) in [4.78, 5) is 3.90. The third-order valence-corrected chi connectivity index (χ3v) is 1.98.